The van der Waals surface area contributed by atoms with Gasteiger partial charge in [-0.3, -0.25) is 4.98 Å². The first-order chi connectivity index (χ1) is 16.6. The van der Waals surface area contributed by atoms with E-state index in [1.807, 2.05) is 18.3 Å². The van der Waals surface area contributed by atoms with Crippen LogP contribution in [0.3, 0.4) is 0 Å². The number of anilines is 4. The first-order valence-electron chi connectivity index (χ1n) is 11.6. The minimum atomic E-state index is 0.765. The lowest BCUT2D eigenvalue weighted by atomic mass is 10.1. The lowest BCUT2D eigenvalue weighted by Crippen LogP contribution is -2.44. The zero-order valence-electron chi connectivity index (χ0n) is 19.7. The van der Waals surface area contributed by atoms with Gasteiger partial charge in [0.05, 0.1) is 5.69 Å². The Morgan fingerprint density at radius 2 is 1.82 bits per heavy atom. The molecule has 1 fully saturated rings. The highest BCUT2D eigenvalue weighted by Gasteiger charge is 2.14. The topological polar surface area (TPSA) is 56.3 Å². The second kappa shape index (κ2) is 10.2. The van der Waals surface area contributed by atoms with Gasteiger partial charge in [-0.2, -0.15) is 0 Å². The van der Waals surface area contributed by atoms with Crippen molar-refractivity contribution in [3.05, 3.63) is 83.5 Å². The van der Waals surface area contributed by atoms with Crippen LogP contribution < -0.4 is 15.5 Å². The van der Waals surface area contributed by atoms with Crippen molar-refractivity contribution in [1.82, 2.24) is 14.9 Å². The number of aromatic nitrogens is 2. The van der Waals surface area contributed by atoms with E-state index in [0.717, 1.165) is 60.5 Å². The summed E-state index contributed by atoms with van der Waals surface area (Å²) >= 11 is 1.60. The fourth-order valence-electron chi connectivity index (χ4n) is 4.07. The molecule has 0 bridgehead atoms. The molecule has 2 aromatic carbocycles. The number of benzene rings is 2. The maximum absolute atomic E-state index is 4.74. The number of hydrogen-bond donors (Lipinski definition) is 2. The summed E-state index contributed by atoms with van der Waals surface area (Å²) in [7, 11) is 2.19. The van der Waals surface area contributed by atoms with Crippen LogP contribution in [0.1, 0.15) is 11.1 Å². The number of nitrogens with one attached hydrogen (secondary N) is 2. The van der Waals surface area contributed by atoms with Gasteiger partial charge < -0.3 is 20.4 Å². The molecule has 0 saturated carbocycles. The quantitative estimate of drug-likeness (QED) is 0.366. The van der Waals surface area contributed by atoms with E-state index in [0.29, 0.717) is 0 Å². The molecule has 0 unspecified atom stereocenters. The third-order valence-corrected chi connectivity index (χ3v) is 7.00. The molecule has 2 aromatic heterocycles. The van der Waals surface area contributed by atoms with Crippen LogP contribution in [-0.2, 0) is 6.54 Å². The summed E-state index contributed by atoms with van der Waals surface area (Å²) in [5, 5.41) is 10.0. The molecule has 1 aliphatic rings. The van der Waals surface area contributed by atoms with E-state index >= 15 is 0 Å². The number of rotatable bonds is 7. The number of aryl methyl sites for hydroxylation is 1. The van der Waals surface area contributed by atoms with E-state index in [2.05, 4.69) is 87.2 Å². The van der Waals surface area contributed by atoms with Gasteiger partial charge >= 0.3 is 0 Å². The van der Waals surface area contributed by atoms with Crippen molar-refractivity contribution in [2.45, 2.75) is 13.5 Å². The Kier molecular flexibility index (Phi) is 6.74. The summed E-state index contributed by atoms with van der Waals surface area (Å²) in [6.07, 6.45) is 3.62. The van der Waals surface area contributed by atoms with Crippen LogP contribution in [0, 0.1) is 6.92 Å². The normalized spacial score (nSPS) is 14.2. The van der Waals surface area contributed by atoms with Gasteiger partial charge in [0.1, 0.15) is 0 Å². The van der Waals surface area contributed by atoms with Gasteiger partial charge in [0, 0.05) is 73.1 Å². The van der Waals surface area contributed by atoms with Gasteiger partial charge in [0.15, 0.2) is 5.13 Å². The maximum Gasteiger partial charge on any atom is 0.187 e. The summed E-state index contributed by atoms with van der Waals surface area (Å²) in [4.78, 5) is 13.8. The SMILES string of the molecule is Cc1ccc(CNc2ccc(N3CCN(C)CC3)cc2)cc1Nc1nc(-c2cccnc2)cs1. The summed E-state index contributed by atoms with van der Waals surface area (Å²) in [6.45, 7) is 7.30. The molecule has 174 valence electrons. The predicted molar refractivity (Wildman–Crippen MR) is 143 cm³/mol. The van der Waals surface area contributed by atoms with Crippen LogP contribution in [-0.4, -0.2) is 48.1 Å². The number of likely N-dealkylation sites (N-methyl/N-ethyl adjacent to an activating group) is 1. The van der Waals surface area contributed by atoms with E-state index in [4.69, 9.17) is 4.98 Å². The average Bonchev–Trinajstić information content (AvgIpc) is 3.34. The monoisotopic (exact) mass is 470 g/mol. The van der Waals surface area contributed by atoms with Gasteiger partial charge in [-0.05, 0) is 67.6 Å². The minimum absolute atomic E-state index is 0.765. The number of thiazole rings is 1. The molecule has 4 aromatic rings. The van der Waals surface area contributed by atoms with Gasteiger partial charge in [0.2, 0.25) is 0 Å². The molecule has 6 nitrogen and oxygen atoms in total. The highest BCUT2D eigenvalue weighted by atomic mass is 32.1. The molecule has 0 atom stereocenters. The van der Waals surface area contributed by atoms with Crippen molar-refractivity contribution in [1.29, 1.82) is 0 Å². The Balaban J connectivity index is 1.21. The smallest absolute Gasteiger partial charge is 0.187 e. The van der Waals surface area contributed by atoms with Gasteiger partial charge in [0.25, 0.3) is 0 Å². The third kappa shape index (κ3) is 5.38. The Bertz CT molecular complexity index is 1210. The molecule has 7 heteroatoms. The van der Waals surface area contributed by atoms with Crippen molar-refractivity contribution in [3.8, 4) is 11.3 Å². The van der Waals surface area contributed by atoms with Gasteiger partial charge in [-0.1, -0.05) is 12.1 Å². The summed E-state index contributed by atoms with van der Waals surface area (Å²) in [5.74, 6) is 0. The van der Waals surface area contributed by atoms with Crippen LogP contribution in [0.5, 0.6) is 0 Å². The fourth-order valence-corrected chi connectivity index (χ4v) is 4.80. The zero-order chi connectivity index (χ0) is 23.3. The Morgan fingerprint density at radius 1 is 1.00 bits per heavy atom. The summed E-state index contributed by atoms with van der Waals surface area (Å²) in [5.41, 5.74) is 7.90. The largest absolute Gasteiger partial charge is 0.381 e. The molecule has 3 heterocycles. The van der Waals surface area contributed by atoms with Crippen molar-refractivity contribution in [2.24, 2.45) is 0 Å². The van der Waals surface area contributed by atoms with Gasteiger partial charge in [-0.15, -0.1) is 11.3 Å². The molecular weight excluding hydrogens is 440 g/mol. The lowest BCUT2D eigenvalue weighted by molar-refractivity contribution is 0.313. The highest BCUT2D eigenvalue weighted by Crippen LogP contribution is 2.29. The second-order valence-corrected chi connectivity index (χ2v) is 9.60. The summed E-state index contributed by atoms with van der Waals surface area (Å²) < 4.78 is 0. The van der Waals surface area contributed by atoms with Crippen molar-refractivity contribution in [3.63, 3.8) is 0 Å². The first kappa shape index (κ1) is 22.4. The lowest BCUT2D eigenvalue weighted by Gasteiger charge is -2.34. The van der Waals surface area contributed by atoms with Crippen LogP contribution in [0.2, 0.25) is 0 Å². The Hall–Kier alpha value is -3.42. The second-order valence-electron chi connectivity index (χ2n) is 8.74. The fraction of sp³-hybridized carbons (Fsp3) is 0.259. The maximum atomic E-state index is 4.74. The van der Waals surface area contributed by atoms with E-state index < -0.39 is 0 Å². The number of nitrogens with zero attached hydrogens (tertiary/aromatic N) is 4. The minimum Gasteiger partial charge on any atom is -0.381 e. The van der Waals surface area contributed by atoms with Crippen LogP contribution in [0.25, 0.3) is 11.3 Å². The third-order valence-electron chi connectivity index (χ3n) is 6.24. The van der Waals surface area contributed by atoms with Crippen molar-refractivity contribution >= 4 is 33.5 Å². The zero-order valence-corrected chi connectivity index (χ0v) is 20.5. The predicted octanol–water partition coefficient (Wildman–Crippen LogP) is 5.62. The number of pyridine rings is 1. The first-order valence-corrected chi connectivity index (χ1v) is 12.5. The van der Waals surface area contributed by atoms with E-state index in [-0.39, 0.29) is 0 Å². The average molecular weight is 471 g/mol. The molecule has 2 N–H and O–H groups in total. The van der Waals surface area contributed by atoms with Crippen LogP contribution >= 0.6 is 11.3 Å². The number of piperazine rings is 1. The van der Waals surface area contributed by atoms with Crippen LogP contribution in [0.4, 0.5) is 22.2 Å². The van der Waals surface area contributed by atoms with Crippen molar-refractivity contribution < 1.29 is 0 Å². The molecular formula is C27H30N6S. The molecule has 0 radical (unpaired) electrons. The molecule has 0 spiro atoms. The molecule has 5 rings (SSSR count). The molecule has 0 aliphatic carbocycles. The van der Waals surface area contributed by atoms with Crippen molar-refractivity contribution in [2.75, 3.05) is 48.8 Å². The van der Waals surface area contributed by atoms with E-state index in [1.165, 1.54) is 16.8 Å². The van der Waals surface area contributed by atoms with Gasteiger partial charge in [-0.25, -0.2) is 4.98 Å². The molecule has 1 saturated heterocycles. The Morgan fingerprint density at radius 3 is 2.59 bits per heavy atom. The van der Waals surface area contributed by atoms with E-state index in [1.54, 1.807) is 17.5 Å². The Labute approximate surface area is 205 Å². The number of hydrogen-bond acceptors (Lipinski definition) is 7. The van der Waals surface area contributed by atoms with Crippen LogP contribution in [0.15, 0.2) is 72.4 Å². The molecule has 1 aliphatic heterocycles. The molecule has 0 amide bonds. The summed E-state index contributed by atoms with van der Waals surface area (Å²) in [6, 6.07) is 19.3. The standard InChI is InChI=1S/C27H30N6S/c1-20-5-6-21(16-25(20)30-27-31-26(19-34-27)22-4-3-11-28-18-22)17-29-23-7-9-24(10-8-23)33-14-12-32(2)13-15-33/h3-11,16,18-19,29H,12-15,17H2,1-2H3,(H,30,31). The highest BCUT2D eigenvalue weighted by molar-refractivity contribution is 7.14. The van der Waals surface area contributed by atoms with E-state index in [9.17, 15) is 0 Å². The molecule has 34 heavy (non-hydrogen) atoms.